The molecule has 6 rings (SSSR count). The molecular formula is C34H31Cl2N3O5S2. The zero-order valence-electron chi connectivity index (χ0n) is 25.3. The maximum absolute atomic E-state index is 13.7. The average Bonchev–Trinajstić information content (AvgIpc) is 3.71. The van der Waals surface area contributed by atoms with Crippen molar-refractivity contribution >= 4 is 68.9 Å². The molecule has 8 nitrogen and oxygen atoms in total. The smallest absolute Gasteiger partial charge is 0.301 e. The molecule has 2 aliphatic heterocycles. The van der Waals surface area contributed by atoms with Crippen LogP contribution in [-0.4, -0.2) is 39.7 Å². The fourth-order valence-corrected chi connectivity index (χ4v) is 7.82. The van der Waals surface area contributed by atoms with Gasteiger partial charge in [0.25, 0.3) is 5.78 Å². The van der Waals surface area contributed by atoms with E-state index in [9.17, 15) is 14.7 Å². The molecule has 0 spiro atoms. The van der Waals surface area contributed by atoms with E-state index in [2.05, 4.69) is 24.0 Å². The molecule has 1 saturated heterocycles. The summed E-state index contributed by atoms with van der Waals surface area (Å²) in [7, 11) is 0. The third kappa shape index (κ3) is 6.76. The number of ether oxygens (including phenoxy) is 2. The second-order valence-corrected chi connectivity index (χ2v) is 14.6. The van der Waals surface area contributed by atoms with Crippen LogP contribution in [0.15, 0.2) is 70.6 Å². The largest absolute Gasteiger partial charge is 0.507 e. The lowest BCUT2D eigenvalue weighted by Gasteiger charge is -2.23. The molecule has 2 aliphatic rings. The van der Waals surface area contributed by atoms with E-state index in [0.29, 0.717) is 56.0 Å². The van der Waals surface area contributed by atoms with Gasteiger partial charge in [0, 0.05) is 27.8 Å². The number of hydrogen-bond acceptors (Lipinski definition) is 9. The van der Waals surface area contributed by atoms with Crippen molar-refractivity contribution in [2.45, 2.75) is 55.9 Å². The van der Waals surface area contributed by atoms with Crippen molar-refractivity contribution in [3.05, 3.63) is 98.5 Å². The molecule has 1 aromatic heterocycles. The molecule has 46 heavy (non-hydrogen) atoms. The summed E-state index contributed by atoms with van der Waals surface area (Å²) in [6.45, 7) is 6.74. The van der Waals surface area contributed by atoms with Gasteiger partial charge in [-0.25, -0.2) is 0 Å². The van der Waals surface area contributed by atoms with Crippen molar-refractivity contribution in [1.82, 2.24) is 10.2 Å². The van der Waals surface area contributed by atoms with Gasteiger partial charge in [-0.3, -0.25) is 14.5 Å². The van der Waals surface area contributed by atoms with Gasteiger partial charge in [-0.15, -0.1) is 10.2 Å². The molecule has 3 aromatic carbocycles. The molecule has 1 N–H and O–H groups in total. The lowest BCUT2D eigenvalue weighted by molar-refractivity contribution is -0.132. The van der Waals surface area contributed by atoms with Gasteiger partial charge in [-0.05, 0) is 78.4 Å². The number of Topliss-reactive ketones (excluding diaryl/α,β-unsaturated/α-hetero) is 1. The SMILES string of the molecule is CC(C)CCOc1cccc(C2/C(=C(/O)c3ccc4c(c3)CC(C)O4)C(=O)C(=O)N2c2nnc(SCc3ccc(Cl)cc3Cl)s2)c1. The number of anilines is 1. The minimum Gasteiger partial charge on any atom is -0.507 e. The summed E-state index contributed by atoms with van der Waals surface area (Å²) in [5.74, 6) is 0.433. The minimum atomic E-state index is -0.964. The van der Waals surface area contributed by atoms with E-state index >= 15 is 0 Å². The average molecular weight is 697 g/mol. The molecule has 238 valence electrons. The first kappa shape index (κ1) is 32.4. The summed E-state index contributed by atoms with van der Waals surface area (Å²) in [4.78, 5) is 28.8. The normalized spacial score (nSPS) is 18.7. The van der Waals surface area contributed by atoms with Crippen LogP contribution in [-0.2, 0) is 21.8 Å². The van der Waals surface area contributed by atoms with Crippen LogP contribution in [0.1, 0.15) is 55.5 Å². The molecule has 2 atom stereocenters. The van der Waals surface area contributed by atoms with Crippen molar-refractivity contribution in [1.29, 1.82) is 0 Å². The number of nitrogens with zero attached hydrogens (tertiary/aromatic N) is 3. The van der Waals surface area contributed by atoms with Crippen LogP contribution in [0.2, 0.25) is 10.0 Å². The Kier molecular flexibility index (Phi) is 9.61. The number of thioether (sulfide) groups is 1. The van der Waals surface area contributed by atoms with Gasteiger partial charge in [0.2, 0.25) is 5.13 Å². The van der Waals surface area contributed by atoms with Crippen molar-refractivity contribution < 1.29 is 24.2 Å². The molecule has 2 unspecified atom stereocenters. The van der Waals surface area contributed by atoms with E-state index < -0.39 is 17.7 Å². The molecule has 4 aromatic rings. The van der Waals surface area contributed by atoms with Gasteiger partial charge in [-0.2, -0.15) is 0 Å². The summed E-state index contributed by atoms with van der Waals surface area (Å²) < 4.78 is 12.4. The van der Waals surface area contributed by atoms with Crippen LogP contribution in [0.25, 0.3) is 5.76 Å². The molecule has 1 fully saturated rings. The lowest BCUT2D eigenvalue weighted by atomic mass is 9.94. The van der Waals surface area contributed by atoms with Gasteiger partial charge in [0.1, 0.15) is 23.4 Å². The van der Waals surface area contributed by atoms with Gasteiger partial charge in [-0.1, -0.05) is 78.3 Å². The number of halogens is 2. The Balaban J connectivity index is 1.37. The van der Waals surface area contributed by atoms with Crippen molar-refractivity contribution in [3.8, 4) is 11.5 Å². The van der Waals surface area contributed by atoms with E-state index in [1.165, 1.54) is 28.0 Å². The van der Waals surface area contributed by atoms with Crippen LogP contribution in [0, 0.1) is 5.92 Å². The predicted molar refractivity (Wildman–Crippen MR) is 182 cm³/mol. The molecule has 3 heterocycles. The number of rotatable bonds is 10. The number of benzene rings is 3. The van der Waals surface area contributed by atoms with Crippen LogP contribution in [0.4, 0.5) is 5.13 Å². The maximum Gasteiger partial charge on any atom is 0.301 e. The van der Waals surface area contributed by atoms with E-state index in [-0.39, 0.29) is 22.6 Å². The molecule has 0 saturated carbocycles. The third-order valence-corrected chi connectivity index (χ3v) is 10.4. The minimum absolute atomic E-state index is 0.0107. The number of aliphatic hydroxyl groups excluding tert-OH is 1. The van der Waals surface area contributed by atoms with Gasteiger partial charge >= 0.3 is 5.91 Å². The van der Waals surface area contributed by atoms with E-state index in [1.54, 1.807) is 30.3 Å². The number of aliphatic hydroxyl groups is 1. The lowest BCUT2D eigenvalue weighted by Crippen LogP contribution is -2.29. The summed E-state index contributed by atoms with van der Waals surface area (Å²) in [6, 6.07) is 16.9. The van der Waals surface area contributed by atoms with Gasteiger partial charge in [0.05, 0.1) is 18.2 Å². The third-order valence-electron chi connectivity index (χ3n) is 7.72. The highest BCUT2D eigenvalue weighted by atomic mass is 35.5. The standard InChI is InChI=1S/C34H31Cl2N3O5S2/c1-18(2)11-12-43-25-6-4-5-20(15-25)29-28(30(40)21-8-10-27-23(14-21)13-19(3)44-27)31(41)32(42)39(29)33-37-38-34(46-33)45-17-22-7-9-24(35)16-26(22)36/h4-10,14-16,18-19,29,40H,11-13,17H2,1-3H3/b30-28-. The zero-order chi connectivity index (χ0) is 32.5. The topological polar surface area (TPSA) is 102 Å². The van der Waals surface area contributed by atoms with Crippen molar-refractivity contribution in [2.24, 2.45) is 5.92 Å². The molecule has 0 aliphatic carbocycles. The number of aromatic nitrogens is 2. The van der Waals surface area contributed by atoms with Crippen molar-refractivity contribution in [2.75, 3.05) is 11.5 Å². The summed E-state index contributed by atoms with van der Waals surface area (Å²) in [6.07, 6.45) is 1.56. The Morgan fingerprint density at radius 3 is 2.74 bits per heavy atom. The van der Waals surface area contributed by atoms with Crippen LogP contribution in [0.3, 0.4) is 0 Å². The Labute approximate surface area is 285 Å². The predicted octanol–water partition coefficient (Wildman–Crippen LogP) is 8.51. The number of ketones is 1. The molecule has 0 radical (unpaired) electrons. The van der Waals surface area contributed by atoms with E-state index in [1.807, 2.05) is 37.3 Å². The van der Waals surface area contributed by atoms with Crippen LogP contribution < -0.4 is 14.4 Å². The van der Waals surface area contributed by atoms with Gasteiger partial charge < -0.3 is 14.6 Å². The molecule has 1 amide bonds. The van der Waals surface area contributed by atoms with Gasteiger partial charge in [0.15, 0.2) is 4.34 Å². The summed E-state index contributed by atoms with van der Waals surface area (Å²) in [5, 5.41) is 21.6. The monoisotopic (exact) mass is 695 g/mol. The first-order chi connectivity index (χ1) is 22.1. The second-order valence-electron chi connectivity index (χ2n) is 11.6. The van der Waals surface area contributed by atoms with E-state index in [4.69, 9.17) is 32.7 Å². The zero-order valence-corrected chi connectivity index (χ0v) is 28.5. The Morgan fingerprint density at radius 1 is 1.13 bits per heavy atom. The number of amides is 1. The quantitative estimate of drug-likeness (QED) is 0.0579. The maximum atomic E-state index is 13.7. The highest BCUT2D eigenvalue weighted by molar-refractivity contribution is 8.00. The number of carbonyl (C=O) groups excluding carboxylic acids is 2. The Hall–Kier alpha value is -3.57. The fourth-order valence-electron chi connectivity index (χ4n) is 5.39. The molecule has 12 heteroatoms. The molecular weight excluding hydrogens is 665 g/mol. The fraction of sp³-hybridized carbons (Fsp3) is 0.294. The van der Waals surface area contributed by atoms with Crippen LogP contribution in [0.5, 0.6) is 11.5 Å². The number of fused-ring (bicyclic) bond motifs is 1. The molecule has 0 bridgehead atoms. The first-order valence-corrected chi connectivity index (χ1v) is 17.4. The highest BCUT2D eigenvalue weighted by Crippen LogP contribution is 2.45. The summed E-state index contributed by atoms with van der Waals surface area (Å²) in [5.41, 5.74) is 2.79. The Bertz CT molecular complexity index is 1840. The number of hydrogen-bond donors (Lipinski definition) is 1. The Morgan fingerprint density at radius 2 is 1.96 bits per heavy atom. The van der Waals surface area contributed by atoms with Crippen molar-refractivity contribution in [3.63, 3.8) is 0 Å². The van der Waals surface area contributed by atoms with E-state index in [0.717, 1.165) is 23.3 Å². The number of carbonyl (C=O) groups is 2. The second kappa shape index (κ2) is 13.7. The highest BCUT2D eigenvalue weighted by Gasteiger charge is 2.48. The summed E-state index contributed by atoms with van der Waals surface area (Å²) >= 11 is 15.0. The first-order valence-electron chi connectivity index (χ1n) is 14.8. The van der Waals surface area contributed by atoms with Crippen LogP contribution >= 0.6 is 46.3 Å².